The predicted octanol–water partition coefficient (Wildman–Crippen LogP) is 0.285. The molecule has 2 fully saturated rings. The van der Waals surface area contributed by atoms with E-state index in [0.29, 0.717) is 11.8 Å². The molecule has 0 aromatic heterocycles. The van der Waals surface area contributed by atoms with E-state index in [-0.39, 0.29) is 24.2 Å². The van der Waals surface area contributed by atoms with Gasteiger partial charge < -0.3 is 16.3 Å². The van der Waals surface area contributed by atoms with Crippen LogP contribution >= 0.6 is 0 Å². The third-order valence-electron chi connectivity index (χ3n) is 3.53. The highest BCUT2D eigenvalue weighted by atomic mass is 16.4. The van der Waals surface area contributed by atoms with Gasteiger partial charge in [-0.2, -0.15) is 0 Å². The summed E-state index contributed by atoms with van der Waals surface area (Å²) in [7, 11) is 0. The molecule has 0 bridgehead atoms. The molecule has 4 N–H and O–H groups in total. The topological polar surface area (TPSA) is 87.7 Å². The summed E-state index contributed by atoms with van der Waals surface area (Å²) in [6.45, 7) is 0.144. The lowest BCUT2D eigenvalue weighted by molar-refractivity contribution is -0.122. The van der Waals surface area contributed by atoms with Crippen LogP contribution in [0.25, 0.3) is 0 Å². The second-order valence-electron chi connectivity index (χ2n) is 4.45. The molecule has 15 heavy (non-hydrogen) atoms. The first-order valence-electron chi connectivity index (χ1n) is 5.48. The molecular formula is C10H17N3O2. The zero-order valence-electron chi connectivity index (χ0n) is 8.65. The van der Waals surface area contributed by atoms with Gasteiger partial charge in [0, 0.05) is 5.92 Å². The fraction of sp³-hybridized carbons (Fsp3) is 0.800. The Labute approximate surface area is 88.7 Å². The minimum Gasteiger partial charge on any atom is -0.409 e. The first-order valence-corrected chi connectivity index (χ1v) is 5.48. The maximum absolute atomic E-state index is 11.7. The van der Waals surface area contributed by atoms with Crippen molar-refractivity contribution in [2.24, 2.45) is 28.6 Å². The summed E-state index contributed by atoms with van der Waals surface area (Å²) in [4.78, 5) is 11.7. The van der Waals surface area contributed by atoms with E-state index in [1.165, 1.54) is 25.7 Å². The number of nitrogens with zero attached hydrogens (tertiary/aromatic N) is 1. The van der Waals surface area contributed by atoms with Crippen molar-refractivity contribution in [1.29, 1.82) is 0 Å². The van der Waals surface area contributed by atoms with Gasteiger partial charge in [0.1, 0.15) is 0 Å². The van der Waals surface area contributed by atoms with Crippen LogP contribution in [0.4, 0.5) is 0 Å². The lowest BCUT2D eigenvalue weighted by Gasteiger charge is -2.04. The quantitative estimate of drug-likeness (QED) is 0.271. The molecule has 2 unspecified atom stereocenters. The molecule has 1 amide bonds. The maximum atomic E-state index is 11.7. The molecule has 2 aliphatic carbocycles. The first-order chi connectivity index (χ1) is 7.24. The Bertz CT molecular complexity index is 278. The summed E-state index contributed by atoms with van der Waals surface area (Å²) >= 11 is 0. The zero-order valence-corrected chi connectivity index (χ0v) is 8.65. The Balaban J connectivity index is 1.78. The number of amides is 1. The van der Waals surface area contributed by atoms with Gasteiger partial charge in [0.15, 0.2) is 5.84 Å². The van der Waals surface area contributed by atoms with Crippen molar-refractivity contribution < 1.29 is 10.0 Å². The highest BCUT2D eigenvalue weighted by Gasteiger charge is 2.54. The molecule has 0 heterocycles. The Morgan fingerprint density at radius 3 is 2.53 bits per heavy atom. The van der Waals surface area contributed by atoms with E-state index < -0.39 is 0 Å². The second kappa shape index (κ2) is 4.08. The van der Waals surface area contributed by atoms with Gasteiger partial charge in [-0.1, -0.05) is 18.0 Å². The normalized spacial score (nSPS) is 34.4. The first kappa shape index (κ1) is 10.3. The molecule has 2 saturated carbocycles. The van der Waals surface area contributed by atoms with E-state index in [0.717, 1.165) is 0 Å². The Morgan fingerprint density at radius 1 is 1.40 bits per heavy atom. The molecule has 2 atom stereocenters. The van der Waals surface area contributed by atoms with Crippen LogP contribution < -0.4 is 11.1 Å². The van der Waals surface area contributed by atoms with E-state index in [1.54, 1.807) is 0 Å². The van der Waals surface area contributed by atoms with Gasteiger partial charge in [0.25, 0.3) is 0 Å². The van der Waals surface area contributed by atoms with Crippen LogP contribution in [0, 0.1) is 17.8 Å². The summed E-state index contributed by atoms with van der Waals surface area (Å²) in [6.07, 6.45) is 4.88. The van der Waals surface area contributed by atoms with E-state index in [1.807, 2.05) is 0 Å². The molecule has 84 valence electrons. The fourth-order valence-corrected chi connectivity index (χ4v) is 2.71. The number of oxime groups is 1. The third-order valence-corrected chi connectivity index (χ3v) is 3.53. The van der Waals surface area contributed by atoms with E-state index in [2.05, 4.69) is 10.5 Å². The van der Waals surface area contributed by atoms with Crippen molar-refractivity contribution in [3.63, 3.8) is 0 Å². The smallest absolute Gasteiger partial charge is 0.224 e. The number of nitrogens with one attached hydrogen (secondary N) is 1. The highest BCUT2D eigenvalue weighted by molar-refractivity contribution is 5.89. The minimum atomic E-state index is 0.0481. The SMILES string of the molecule is NC(CNC(=O)C1C2CCCCC21)=NO. The molecule has 5 nitrogen and oxygen atoms in total. The largest absolute Gasteiger partial charge is 0.409 e. The van der Waals surface area contributed by atoms with Crippen LogP contribution in [0.2, 0.25) is 0 Å². The number of fused-ring (bicyclic) bond motifs is 1. The van der Waals surface area contributed by atoms with Crippen molar-refractivity contribution in [2.75, 3.05) is 6.54 Å². The van der Waals surface area contributed by atoms with Gasteiger partial charge in [-0.05, 0) is 24.7 Å². The van der Waals surface area contributed by atoms with E-state index in [4.69, 9.17) is 10.9 Å². The number of carbonyl (C=O) groups excluding carboxylic acids is 1. The molecule has 0 saturated heterocycles. The Morgan fingerprint density at radius 2 is 2.00 bits per heavy atom. The Kier molecular flexibility index (Phi) is 2.79. The minimum absolute atomic E-state index is 0.0481. The number of carbonyl (C=O) groups is 1. The summed E-state index contributed by atoms with van der Waals surface area (Å²) in [5.41, 5.74) is 5.27. The molecule has 0 aromatic carbocycles. The lowest BCUT2D eigenvalue weighted by atomic mass is 10.0. The third kappa shape index (κ3) is 2.06. The molecule has 0 spiro atoms. The van der Waals surface area contributed by atoms with Crippen LogP contribution in [-0.2, 0) is 4.79 Å². The highest BCUT2D eigenvalue weighted by Crippen LogP contribution is 2.55. The fourth-order valence-electron chi connectivity index (χ4n) is 2.71. The van der Waals surface area contributed by atoms with Crippen molar-refractivity contribution in [3.05, 3.63) is 0 Å². The average Bonchev–Trinajstić information content (AvgIpc) is 2.99. The Hall–Kier alpha value is -1.26. The average molecular weight is 211 g/mol. The van der Waals surface area contributed by atoms with Gasteiger partial charge in [-0.25, -0.2) is 0 Å². The van der Waals surface area contributed by atoms with Crippen molar-refractivity contribution in [2.45, 2.75) is 25.7 Å². The van der Waals surface area contributed by atoms with Gasteiger partial charge in [-0.3, -0.25) is 4.79 Å². The second-order valence-corrected chi connectivity index (χ2v) is 4.45. The number of hydrogen-bond acceptors (Lipinski definition) is 3. The number of rotatable bonds is 3. The van der Waals surface area contributed by atoms with Gasteiger partial charge in [-0.15, -0.1) is 0 Å². The van der Waals surface area contributed by atoms with Crippen molar-refractivity contribution >= 4 is 11.7 Å². The molecule has 0 aliphatic heterocycles. The summed E-state index contributed by atoms with van der Waals surface area (Å²) < 4.78 is 0. The van der Waals surface area contributed by atoms with E-state index in [9.17, 15) is 4.79 Å². The summed E-state index contributed by atoms with van der Waals surface area (Å²) in [5, 5.41) is 13.8. The molecular weight excluding hydrogens is 194 g/mol. The van der Waals surface area contributed by atoms with E-state index >= 15 is 0 Å². The molecule has 0 aromatic rings. The molecule has 5 heteroatoms. The number of hydrogen-bond donors (Lipinski definition) is 3. The number of nitrogens with two attached hydrogens (primary N) is 1. The van der Waals surface area contributed by atoms with Crippen LogP contribution in [-0.4, -0.2) is 23.5 Å². The lowest BCUT2D eigenvalue weighted by Crippen LogP contribution is -2.35. The van der Waals surface area contributed by atoms with Crippen molar-refractivity contribution in [3.8, 4) is 0 Å². The summed E-state index contributed by atoms with van der Waals surface area (Å²) in [6, 6.07) is 0. The standard InChI is InChI=1S/C10H17N3O2/c11-8(13-15)5-12-10(14)9-6-3-1-2-4-7(6)9/h6-7,9,15H,1-5H2,(H2,11,13)(H,12,14). The van der Waals surface area contributed by atoms with Gasteiger partial charge in [0.05, 0.1) is 6.54 Å². The van der Waals surface area contributed by atoms with Gasteiger partial charge >= 0.3 is 0 Å². The molecule has 0 radical (unpaired) electrons. The molecule has 2 rings (SSSR count). The van der Waals surface area contributed by atoms with Crippen LogP contribution in [0.1, 0.15) is 25.7 Å². The van der Waals surface area contributed by atoms with Crippen LogP contribution in [0.15, 0.2) is 5.16 Å². The maximum Gasteiger partial charge on any atom is 0.224 e. The number of amidine groups is 1. The summed E-state index contributed by atoms with van der Waals surface area (Å²) in [5.74, 6) is 1.52. The predicted molar refractivity (Wildman–Crippen MR) is 55.4 cm³/mol. The molecule has 2 aliphatic rings. The van der Waals surface area contributed by atoms with Gasteiger partial charge in [0.2, 0.25) is 5.91 Å². The monoisotopic (exact) mass is 211 g/mol. The van der Waals surface area contributed by atoms with Crippen LogP contribution in [0.3, 0.4) is 0 Å². The zero-order chi connectivity index (χ0) is 10.8. The van der Waals surface area contributed by atoms with Crippen molar-refractivity contribution in [1.82, 2.24) is 5.32 Å². The van der Waals surface area contributed by atoms with Crippen LogP contribution in [0.5, 0.6) is 0 Å².